The van der Waals surface area contributed by atoms with E-state index in [0.29, 0.717) is 5.92 Å². The first-order valence-electron chi connectivity index (χ1n) is 6.35. The molecule has 3 rings (SSSR count). The Bertz CT molecular complexity index is 508. The van der Waals surface area contributed by atoms with E-state index in [1.807, 2.05) is 0 Å². The van der Waals surface area contributed by atoms with Crippen LogP contribution in [0.25, 0.3) is 10.3 Å². The van der Waals surface area contributed by atoms with Crippen LogP contribution in [0.1, 0.15) is 44.7 Å². The molecule has 0 spiro atoms. The molecular formula is C12H18N4S. The third-order valence-electron chi connectivity index (χ3n) is 3.31. The highest BCUT2D eigenvalue weighted by Gasteiger charge is 2.19. The Balaban J connectivity index is 1.95. The second kappa shape index (κ2) is 4.29. The number of nitrogens with one attached hydrogen (secondary N) is 1. The fraction of sp³-hybridized carbons (Fsp3) is 0.667. The average Bonchev–Trinajstić information content (AvgIpc) is 2.88. The van der Waals surface area contributed by atoms with Crippen LogP contribution in [0.2, 0.25) is 0 Å². The molecule has 2 aromatic rings. The Morgan fingerprint density at radius 3 is 2.71 bits per heavy atom. The quantitative estimate of drug-likeness (QED) is 0.890. The molecule has 3 heterocycles. The lowest BCUT2D eigenvalue weighted by Gasteiger charge is -2.25. The van der Waals surface area contributed by atoms with Gasteiger partial charge in [0.05, 0.1) is 5.69 Å². The van der Waals surface area contributed by atoms with Gasteiger partial charge in [0.25, 0.3) is 0 Å². The van der Waals surface area contributed by atoms with Gasteiger partial charge in [-0.25, -0.2) is 4.98 Å². The van der Waals surface area contributed by atoms with Gasteiger partial charge in [-0.15, -0.1) is 0 Å². The van der Waals surface area contributed by atoms with Gasteiger partial charge in [0.15, 0.2) is 5.13 Å². The number of aromatic nitrogens is 3. The first kappa shape index (κ1) is 11.0. The van der Waals surface area contributed by atoms with Crippen LogP contribution in [-0.4, -0.2) is 28.3 Å². The fourth-order valence-electron chi connectivity index (χ4n) is 2.35. The first-order chi connectivity index (χ1) is 8.25. The van der Waals surface area contributed by atoms with Gasteiger partial charge >= 0.3 is 0 Å². The van der Waals surface area contributed by atoms with E-state index in [0.717, 1.165) is 34.3 Å². The van der Waals surface area contributed by atoms with Gasteiger partial charge in [0.2, 0.25) is 0 Å². The van der Waals surface area contributed by atoms with Crippen molar-refractivity contribution in [2.24, 2.45) is 0 Å². The molecule has 1 N–H and O–H groups in total. The van der Waals surface area contributed by atoms with E-state index in [2.05, 4.69) is 28.9 Å². The van der Waals surface area contributed by atoms with Crippen molar-refractivity contribution in [3.63, 3.8) is 0 Å². The van der Waals surface area contributed by atoms with Gasteiger partial charge in [-0.2, -0.15) is 5.10 Å². The van der Waals surface area contributed by atoms with Gasteiger partial charge in [0, 0.05) is 13.1 Å². The van der Waals surface area contributed by atoms with Crippen molar-refractivity contribution in [2.75, 3.05) is 18.0 Å². The maximum Gasteiger partial charge on any atom is 0.187 e. The minimum Gasteiger partial charge on any atom is -0.348 e. The van der Waals surface area contributed by atoms with Crippen molar-refractivity contribution in [1.82, 2.24) is 15.2 Å². The normalized spacial score (nSPS) is 17.2. The number of hydrogen-bond acceptors (Lipinski definition) is 4. The molecule has 0 aliphatic carbocycles. The molecule has 4 nitrogen and oxygen atoms in total. The highest BCUT2D eigenvalue weighted by molar-refractivity contribution is 7.21. The topological polar surface area (TPSA) is 44.8 Å². The highest BCUT2D eigenvalue weighted by Crippen LogP contribution is 2.32. The van der Waals surface area contributed by atoms with E-state index in [-0.39, 0.29) is 0 Å². The Labute approximate surface area is 105 Å². The third kappa shape index (κ3) is 1.92. The number of aromatic amines is 1. The van der Waals surface area contributed by atoms with Gasteiger partial charge in [-0.05, 0) is 25.2 Å². The molecule has 0 radical (unpaired) electrons. The Kier molecular flexibility index (Phi) is 2.78. The number of piperidine rings is 1. The summed E-state index contributed by atoms with van der Waals surface area (Å²) in [7, 11) is 0. The molecule has 0 atom stereocenters. The molecule has 1 aliphatic heterocycles. The maximum absolute atomic E-state index is 4.77. The van der Waals surface area contributed by atoms with Gasteiger partial charge in [0.1, 0.15) is 10.3 Å². The number of fused-ring (bicyclic) bond motifs is 1. The summed E-state index contributed by atoms with van der Waals surface area (Å²) < 4.78 is 0. The fourth-order valence-corrected chi connectivity index (χ4v) is 3.31. The number of thiazole rings is 1. The number of H-pyrrole nitrogens is 1. The molecule has 5 heteroatoms. The zero-order chi connectivity index (χ0) is 11.8. The van der Waals surface area contributed by atoms with Crippen LogP contribution in [0.5, 0.6) is 0 Å². The van der Waals surface area contributed by atoms with E-state index in [1.54, 1.807) is 11.3 Å². The number of nitrogens with zero attached hydrogens (tertiary/aromatic N) is 3. The molecule has 92 valence electrons. The predicted octanol–water partition coefficient (Wildman–Crippen LogP) is 3.13. The van der Waals surface area contributed by atoms with Crippen LogP contribution in [0.15, 0.2) is 0 Å². The van der Waals surface area contributed by atoms with E-state index < -0.39 is 0 Å². The second-order valence-corrected chi connectivity index (χ2v) is 5.96. The zero-order valence-electron chi connectivity index (χ0n) is 10.4. The number of rotatable bonds is 2. The molecule has 0 aromatic carbocycles. The summed E-state index contributed by atoms with van der Waals surface area (Å²) in [6.07, 6.45) is 3.95. The summed E-state index contributed by atoms with van der Waals surface area (Å²) in [5.74, 6) is 0.431. The SMILES string of the molecule is CC(C)c1n[nH]c2sc(N3CCCCC3)nc12. The standard InChI is InChI=1S/C12H18N4S/c1-8(2)9-10-11(15-14-9)17-12(13-10)16-6-4-3-5-7-16/h8H,3-7H2,1-2H3,(H,14,15). The van der Waals surface area contributed by atoms with Crippen molar-refractivity contribution in [2.45, 2.75) is 39.0 Å². The summed E-state index contributed by atoms with van der Waals surface area (Å²) in [6, 6.07) is 0. The van der Waals surface area contributed by atoms with Crippen molar-refractivity contribution < 1.29 is 0 Å². The largest absolute Gasteiger partial charge is 0.348 e. The second-order valence-electron chi connectivity index (χ2n) is 4.99. The third-order valence-corrected chi connectivity index (χ3v) is 4.33. The summed E-state index contributed by atoms with van der Waals surface area (Å²) >= 11 is 1.74. The average molecular weight is 250 g/mol. The monoisotopic (exact) mass is 250 g/mol. The molecule has 17 heavy (non-hydrogen) atoms. The lowest BCUT2D eigenvalue weighted by atomic mass is 10.1. The Hall–Kier alpha value is -1.10. The number of hydrogen-bond donors (Lipinski definition) is 1. The maximum atomic E-state index is 4.77. The van der Waals surface area contributed by atoms with Gasteiger partial charge in [-0.3, -0.25) is 5.10 Å². The van der Waals surface area contributed by atoms with Gasteiger partial charge < -0.3 is 4.90 Å². The molecule has 0 bridgehead atoms. The summed E-state index contributed by atoms with van der Waals surface area (Å²) in [4.78, 5) is 8.30. The van der Waals surface area contributed by atoms with Crippen LogP contribution < -0.4 is 4.90 Å². The van der Waals surface area contributed by atoms with Crippen LogP contribution >= 0.6 is 11.3 Å². The molecule has 2 aromatic heterocycles. The zero-order valence-corrected chi connectivity index (χ0v) is 11.2. The van der Waals surface area contributed by atoms with Crippen LogP contribution in [-0.2, 0) is 0 Å². The molecule has 1 aliphatic rings. The van der Waals surface area contributed by atoms with Crippen LogP contribution in [0.3, 0.4) is 0 Å². The molecule has 0 unspecified atom stereocenters. The summed E-state index contributed by atoms with van der Waals surface area (Å²) in [5, 5.41) is 8.62. The van der Waals surface area contributed by atoms with Crippen LogP contribution in [0.4, 0.5) is 5.13 Å². The van der Waals surface area contributed by atoms with E-state index in [4.69, 9.17) is 4.98 Å². The molecule has 1 saturated heterocycles. The molecule has 1 fully saturated rings. The van der Waals surface area contributed by atoms with Crippen molar-refractivity contribution in [3.8, 4) is 0 Å². The van der Waals surface area contributed by atoms with Crippen LogP contribution in [0, 0.1) is 0 Å². The minimum absolute atomic E-state index is 0.431. The lowest BCUT2D eigenvalue weighted by Crippen LogP contribution is -2.29. The molecular weight excluding hydrogens is 232 g/mol. The van der Waals surface area contributed by atoms with Crippen molar-refractivity contribution >= 4 is 26.8 Å². The summed E-state index contributed by atoms with van der Waals surface area (Å²) in [6.45, 7) is 6.63. The van der Waals surface area contributed by atoms with E-state index >= 15 is 0 Å². The van der Waals surface area contributed by atoms with E-state index in [1.165, 1.54) is 19.3 Å². The van der Waals surface area contributed by atoms with E-state index in [9.17, 15) is 0 Å². The Morgan fingerprint density at radius 2 is 2.00 bits per heavy atom. The molecule has 0 saturated carbocycles. The van der Waals surface area contributed by atoms with Crippen molar-refractivity contribution in [1.29, 1.82) is 0 Å². The minimum atomic E-state index is 0.431. The lowest BCUT2D eigenvalue weighted by molar-refractivity contribution is 0.577. The van der Waals surface area contributed by atoms with Crippen molar-refractivity contribution in [3.05, 3.63) is 5.69 Å². The van der Waals surface area contributed by atoms with Gasteiger partial charge in [-0.1, -0.05) is 25.2 Å². The highest BCUT2D eigenvalue weighted by atomic mass is 32.1. The smallest absolute Gasteiger partial charge is 0.187 e. The Morgan fingerprint density at radius 1 is 1.24 bits per heavy atom. The predicted molar refractivity (Wildman–Crippen MR) is 71.9 cm³/mol. The number of anilines is 1. The molecule has 0 amide bonds. The summed E-state index contributed by atoms with van der Waals surface area (Å²) in [5.41, 5.74) is 2.17. The first-order valence-corrected chi connectivity index (χ1v) is 7.17.